The number of aliphatic hydroxyl groups is 1. The highest BCUT2D eigenvalue weighted by atomic mass is 19.4. The number of rotatable bonds is 5. The average Bonchev–Trinajstić information content (AvgIpc) is 2.61. The van der Waals surface area contributed by atoms with Gasteiger partial charge in [-0.15, -0.1) is 0 Å². The van der Waals surface area contributed by atoms with Crippen LogP contribution in [0.15, 0.2) is 41.0 Å². The van der Waals surface area contributed by atoms with Gasteiger partial charge in [0, 0.05) is 0 Å². The predicted octanol–water partition coefficient (Wildman–Crippen LogP) is 6.61. The van der Waals surface area contributed by atoms with Gasteiger partial charge in [0.1, 0.15) is 5.70 Å². The predicted molar refractivity (Wildman–Crippen MR) is 94.6 cm³/mol. The molecule has 1 N–H and O–H groups in total. The number of alkyl halides is 6. The maximum Gasteiger partial charge on any atom is 0.433 e. The van der Waals surface area contributed by atoms with Gasteiger partial charge in [-0.2, -0.15) is 26.3 Å². The number of aliphatic hydroxyl groups excluding tert-OH is 1. The minimum absolute atomic E-state index is 0.126. The molecular formula is C19H25F6NO. The lowest BCUT2D eigenvalue weighted by Gasteiger charge is -2.18. The van der Waals surface area contributed by atoms with E-state index in [0.29, 0.717) is 6.42 Å². The quantitative estimate of drug-likeness (QED) is 0.440. The molecule has 0 spiro atoms. The fourth-order valence-electron chi connectivity index (χ4n) is 2.10. The molecule has 0 aliphatic rings. The Kier molecular flexibility index (Phi) is 9.78. The van der Waals surface area contributed by atoms with Crippen molar-refractivity contribution in [3.8, 4) is 0 Å². The van der Waals surface area contributed by atoms with Crippen LogP contribution in [0.2, 0.25) is 0 Å². The number of nitrogens with zero attached hydrogens (tertiary/aromatic N) is 1. The Labute approximate surface area is 155 Å². The van der Waals surface area contributed by atoms with Crippen molar-refractivity contribution in [1.29, 1.82) is 0 Å². The van der Waals surface area contributed by atoms with Crippen LogP contribution in [-0.4, -0.2) is 23.2 Å². The van der Waals surface area contributed by atoms with E-state index in [1.807, 2.05) is 13.8 Å². The zero-order valence-corrected chi connectivity index (χ0v) is 15.9. The number of halogens is 6. The second-order valence-electron chi connectivity index (χ2n) is 5.54. The van der Waals surface area contributed by atoms with Crippen LogP contribution in [0.25, 0.3) is 0 Å². The lowest BCUT2D eigenvalue weighted by Crippen LogP contribution is -2.20. The van der Waals surface area contributed by atoms with Gasteiger partial charge >= 0.3 is 12.4 Å². The molecule has 1 rings (SSSR count). The molecule has 154 valence electrons. The minimum atomic E-state index is -4.82. The molecule has 0 aliphatic carbocycles. The molecule has 0 aromatic heterocycles. The Bertz CT molecular complexity index is 629. The van der Waals surface area contributed by atoms with Crippen molar-refractivity contribution < 1.29 is 31.4 Å². The van der Waals surface area contributed by atoms with E-state index in [1.54, 1.807) is 13.8 Å². The molecule has 0 bridgehead atoms. The number of allylic oxidation sites excluding steroid dienone is 2. The van der Waals surface area contributed by atoms with Crippen molar-refractivity contribution in [2.45, 2.75) is 59.5 Å². The van der Waals surface area contributed by atoms with Crippen molar-refractivity contribution in [1.82, 2.24) is 0 Å². The van der Waals surface area contributed by atoms with Gasteiger partial charge < -0.3 is 5.11 Å². The number of aliphatic imine (C=N–C) groups is 1. The summed E-state index contributed by atoms with van der Waals surface area (Å²) in [5.74, 6) is -0.337. The molecule has 0 aliphatic heterocycles. The first kappa shape index (κ1) is 25.2. The summed E-state index contributed by atoms with van der Waals surface area (Å²) >= 11 is 0. The average molecular weight is 397 g/mol. The molecule has 1 aromatic rings. The molecule has 0 saturated heterocycles. The smallest absolute Gasteiger partial charge is 0.379 e. The van der Waals surface area contributed by atoms with Crippen molar-refractivity contribution >= 4 is 5.71 Å². The Morgan fingerprint density at radius 3 is 1.89 bits per heavy atom. The van der Waals surface area contributed by atoms with Crippen LogP contribution in [0.3, 0.4) is 0 Å². The number of hydrogen-bond acceptors (Lipinski definition) is 2. The van der Waals surface area contributed by atoms with Crippen LogP contribution in [0.5, 0.6) is 0 Å². The first-order valence-electron chi connectivity index (χ1n) is 8.59. The van der Waals surface area contributed by atoms with Gasteiger partial charge in [0.25, 0.3) is 0 Å². The number of hydrogen-bond donors (Lipinski definition) is 1. The van der Waals surface area contributed by atoms with E-state index in [0.717, 1.165) is 18.2 Å². The fourth-order valence-corrected chi connectivity index (χ4v) is 2.10. The highest BCUT2D eigenvalue weighted by molar-refractivity contribution is 6.02. The molecule has 0 amide bonds. The summed E-state index contributed by atoms with van der Waals surface area (Å²) in [6.45, 7) is 8.66. The van der Waals surface area contributed by atoms with Crippen molar-refractivity contribution in [2.24, 2.45) is 10.9 Å². The third-order valence-corrected chi connectivity index (χ3v) is 3.72. The molecule has 0 saturated carbocycles. The third kappa shape index (κ3) is 7.36. The van der Waals surface area contributed by atoms with Crippen LogP contribution < -0.4 is 0 Å². The van der Waals surface area contributed by atoms with E-state index in [9.17, 15) is 31.4 Å². The van der Waals surface area contributed by atoms with Gasteiger partial charge in [-0.1, -0.05) is 58.0 Å². The molecule has 2 atom stereocenters. The Morgan fingerprint density at radius 2 is 1.56 bits per heavy atom. The first-order chi connectivity index (χ1) is 12.4. The van der Waals surface area contributed by atoms with E-state index in [-0.39, 0.29) is 22.8 Å². The molecule has 8 heteroatoms. The first-order valence-corrected chi connectivity index (χ1v) is 8.59. The largest absolute Gasteiger partial charge is 0.433 e. The van der Waals surface area contributed by atoms with Crippen molar-refractivity contribution in [2.75, 3.05) is 0 Å². The molecule has 0 fully saturated rings. The lowest BCUT2D eigenvalue weighted by atomic mass is 9.94. The topological polar surface area (TPSA) is 32.6 Å². The maximum atomic E-state index is 12.9. The Balaban J connectivity index is 0.00000326. The summed E-state index contributed by atoms with van der Waals surface area (Å²) in [6, 6.07) is 4.54. The van der Waals surface area contributed by atoms with Crippen LogP contribution in [-0.2, 0) is 0 Å². The van der Waals surface area contributed by atoms with Crippen LogP contribution in [0.4, 0.5) is 26.3 Å². The van der Waals surface area contributed by atoms with E-state index >= 15 is 0 Å². The van der Waals surface area contributed by atoms with Gasteiger partial charge in [-0.3, -0.25) is 0 Å². The van der Waals surface area contributed by atoms with Crippen molar-refractivity contribution in [3.05, 3.63) is 47.2 Å². The van der Waals surface area contributed by atoms with E-state index in [2.05, 4.69) is 4.99 Å². The molecule has 1 aromatic carbocycles. The monoisotopic (exact) mass is 397 g/mol. The molecule has 2 unspecified atom stereocenters. The van der Waals surface area contributed by atoms with Gasteiger partial charge in [0.05, 0.1) is 5.71 Å². The summed E-state index contributed by atoms with van der Waals surface area (Å²) in [7, 11) is 0. The second-order valence-corrected chi connectivity index (χ2v) is 5.54. The summed E-state index contributed by atoms with van der Waals surface area (Å²) in [6.07, 6.45) is -10.7. The molecule has 0 radical (unpaired) electrons. The van der Waals surface area contributed by atoms with Crippen LogP contribution in [0.1, 0.15) is 58.3 Å². The SMILES string of the molecule is C/C=C(\N=C(c1ccc(C(O)C(F)(F)F)cc1)C(C)CC)C(F)(F)F.CC. The maximum absolute atomic E-state index is 12.9. The Hall–Kier alpha value is -1.83. The molecule has 2 nitrogen and oxygen atoms in total. The lowest BCUT2D eigenvalue weighted by molar-refractivity contribution is -0.206. The van der Waals surface area contributed by atoms with E-state index in [1.165, 1.54) is 19.1 Å². The van der Waals surface area contributed by atoms with Gasteiger partial charge in [-0.05, 0) is 30.4 Å². The second kappa shape index (κ2) is 10.5. The van der Waals surface area contributed by atoms with Crippen LogP contribution in [0, 0.1) is 5.92 Å². The summed E-state index contributed by atoms with van der Waals surface area (Å²) in [4.78, 5) is 3.70. The molecule has 27 heavy (non-hydrogen) atoms. The van der Waals surface area contributed by atoms with Gasteiger partial charge in [0.2, 0.25) is 0 Å². The summed E-state index contributed by atoms with van der Waals surface area (Å²) < 4.78 is 76.4. The summed E-state index contributed by atoms with van der Waals surface area (Å²) in [5.41, 5.74) is -1.05. The zero-order valence-electron chi connectivity index (χ0n) is 15.9. The van der Waals surface area contributed by atoms with E-state index in [4.69, 9.17) is 0 Å². The minimum Gasteiger partial charge on any atom is -0.379 e. The Morgan fingerprint density at radius 1 is 1.07 bits per heavy atom. The summed E-state index contributed by atoms with van der Waals surface area (Å²) in [5, 5.41) is 9.22. The molecule has 0 heterocycles. The van der Waals surface area contributed by atoms with Crippen molar-refractivity contribution in [3.63, 3.8) is 0 Å². The fraction of sp³-hybridized carbons (Fsp3) is 0.526. The third-order valence-electron chi connectivity index (χ3n) is 3.72. The highest BCUT2D eigenvalue weighted by Crippen LogP contribution is 2.33. The standard InChI is InChI=1S/C17H19F6NO.C2H6/c1-4-10(3)14(24-13(5-2)16(18,19)20)11-6-8-12(9-7-11)15(25)17(21,22)23;1-2/h5-10,15,25H,4H2,1-3H3;1-2H3/b13-5-,24-14?;. The van der Waals surface area contributed by atoms with Crippen LogP contribution >= 0.6 is 0 Å². The zero-order chi connectivity index (χ0) is 21.4. The van der Waals surface area contributed by atoms with Gasteiger partial charge in [-0.25, -0.2) is 4.99 Å². The highest BCUT2D eigenvalue weighted by Gasteiger charge is 2.39. The number of benzene rings is 1. The molecular weight excluding hydrogens is 372 g/mol. The van der Waals surface area contributed by atoms with Gasteiger partial charge in [0.15, 0.2) is 6.10 Å². The normalized spacial score (nSPS) is 15.7. The van der Waals surface area contributed by atoms with E-state index < -0.39 is 24.2 Å².